The Morgan fingerprint density at radius 2 is 1.74 bits per heavy atom. The molecule has 22 heteroatoms. The zero-order chi connectivity index (χ0) is 26.5. The van der Waals surface area contributed by atoms with E-state index in [2.05, 4.69) is 13.1 Å². The molecule has 0 saturated carbocycles. The van der Waals surface area contributed by atoms with Crippen LogP contribution >= 0.6 is 23.5 Å². The summed E-state index contributed by atoms with van der Waals surface area (Å²) in [5, 5.41) is 10.3. The van der Waals surface area contributed by atoms with Crippen molar-refractivity contribution in [1.82, 2.24) is 9.55 Å². The molecule has 1 aliphatic rings. The molecule has 1 fully saturated rings. The second-order valence-corrected chi connectivity index (χ2v) is 11.7. The van der Waals surface area contributed by atoms with Crippen LogP contribution in [-0.4, -0.2) is 64.4 Å². The number of nitrogens with zero attached hydrogens (tertiary/aromatic N) is 1. The third-order valence-corrected chi connectivity index (χ3v) is 8.33. The van der Waals surface area contributed by atoms with E-state index in [-0.39, 0.29) is 10.8 Å². The largest absolute Gasteiger partial charge is 0.490 e. The molecule has 196 valence electrons. The number of hydrogen-bond acceptors (Lipinski definition) is 10. The fourth-order valence-corrected chi connectivity index (χ4v) is 6.33. The van der Waals surface area contributed by atoms with Crippen molar-refractivity contribution < 1.29 is 69.4 Å². The molecule has 1 aliphatic heterocycles. The fourth-order valence-electron chi connectivity index (χ4n) is 2.99. The number of aliphatic hydroxyl groups is 1. The van der Waals surface area contributed by atoms with Crippen LogP contribution in [0.25, 0.3) is 0 Å². The minimum absolute atomic E-state index is 0.0560. The molecular weight excluding hydrogens is 546 g/mol. The summed E-state index contributed by atoms with van der Waals surface area (Å²) in [7, 11) is -17.5. The zero-order valence-corrected chi connectivity index (χ0v) is 19.5. The van der Waals surface area contributed by atoms with Gasteiger partial charge in [0.1, 0.15) is 24.5 Å². The highest BCUT2D eigenvalue weighted by atomic mass is 31.3. The van der Waals surface area contributed by atoms with E-state index in [0.29, 0.717) is 0 Å². The Morgan fingerprint density at radius 1 is 1.18 bits per heavy atom. The average molecular weight is 564 g/mol. The molecule has 0 aromatic carbocycles. The van der Waals surface area contributed by atoms with Crippen LogP contribution in [0, 0.1) is 5.82 Å². The lowest BCUT2D eigenvalue weighted by Crippen LogP contribution is -2.51. The summed E-state index contributed by atoms with van der Waals surface area (Å²) in [5.41, 5.74) is -8.95. The lowest BCUT2D eigenvalue weighted by Gasteiger charge is -2.34. The third kappa shape index (κ3) is 6.32. The van der Waals surface area contributed by atoms with E-state index in [1.165, 1.54) is 4.98 Å². The Kier molecular flexibility index (Phi) is 7.98. The highest BCUT2D eigenvalue weighted by Crippen LogP contribution is 2.67. The van der Waals surface area contributed by atoms with Crippen LogP contribution in [-0.2, 0) is 31.6 Å². The molecule has 16 nitrogen and oxygen atoms in total. The summed E-state index contributed by atoms with van der Waals surface area (Å²) in [6.45, 7) is -0.457. The molecule has 0 bridgehead atoms. The Morgan fingerprint density at radius 3 is 2.24 bits per heavy atom. The van der Waals surface area contributed by atoms with E-state index in [1.807, 2.05) is 0 Å². The van der Waals surface area contributed by atoms with Gasteiger partial charge in [-0.15, -0.1) is 0 Å². The van der Waals surface area contributed by atoms with E-state index in [1.54, 1.807) is 0 Å². The second-order valence-electron chi connectivity index (χ2n) is 7.34. The number of rotatable bonds is 9. The van der Waals surface area contributed by atoms with Gasteiger partial charge in [0.15, 0.2) is 6.23 Å². The molecule has 3 unspecified atom stereocenters. The lowest BCUT2D eigenvalue weighted by atomic mass is 9.89. The predicted octanol–water partition coefficient (Wildman–Crippen LogP) is -0.266. The van der Waals surface area contributed by atoms with Crippen molar-refractivity contribution in [2.75, 3.05) is 6.67 Å². The van der Waals surface area contributed by atoms with E-state index >= 15 is 4.39 Å². The third-order valence-electron chi connectivity index (χ3n) is 4.30. The van der Waals surface area contributed by atoms with E-state index < -0.39 is 76.9 Å². The number of H-pyrrole nitrogens is 1. The summed E-state index contributed by atoms with van der Waals surface area (Å²) in [5.74, 6) is -1.62. The van der Waals surface area contributed by atoms with Crippen molar-refractivity contribution in [3.05, 3.63) is 32.9 Å². The van der Waals surface area contributed by atoms with Gasteiger partial charge in [0, 0.05) is 0 Å². The SMILES string of the molecule is CC(C)(OP(=O)(O)OP(=O)(O)OP(=O)(O)O)[C@H]1O[C@@H](n2cc(F)c(=O)[nH]c2=O)[C@@](F)(CF)C1O. The molecule has 2 heterocycles. The first-order chi connectivity index (χ1) is 15.1. The number of alkyl halides is 2. The molecular formula is C12H18F3N2O14P3. The highest BCUT2D eigenvalue weighted by Gasteiger charge is 2.63. The zero-order valence-electron chi connectivity index (χ0n) is 16.8. The van der Waals surface area contributed by atoms with E-state index in [4.69, 9.17) is 14.5 Å². The van der Waals surface area contributed by atoms with Gasteiger partial charge in [-0.05, 0) is 13.8 Å². The number of phosphoric acid groups is 3. The fraction of sp³-hybridized carbons (Fsp3) is 0.667. The maximum Gasteiger partial charge on any atom is 0.490 e. The molecule has 0 amide bonds. The first kappa shape index (κ1) is 29.0. The van der Waals surface area contributed by atoms with Crippen LogP contribution in [0.5, 0.6) is 0 Å². The van der Waals surface area contributed by atoms with Gasteiger partial charge in [-0.25, -0.2) is 27.3 Å². The molecule has 1 aromatic rings. The van der Waals surface area contributed by atoms with Crippen molar-refractivity contribution in [3.63, 3.8) is 0 Å². The average Bonchev–Trinajstić information content (AvgIpc) is 2.87. The monoisotopic (exact) mass is 564 g/mol. The Labute approximate surface area is 186 Å². The molecule has 0 radical (unpaired) electrons. The quantitative estimate of drug-likeness (QED) is 0.212. The number of phosphoric ester groups is 1. The Hall–Kier alpha value is -1.20. The summed E-state index contributed by atoms with van der Waals surface area (Å²) < 4.78 is 93.6. The maximum atomic E-state index is 15.3. The van der Waals surface area contributed by atoms with Crippen LogP contribution in [0.3, 0.4) is 0 Å². The number of aromatic nitrogens is 2. The van der Waals surface area contributed by atoms with Crippen LogP contribution in [0.4, 0.5) is 13.2 Å². The number of halogens is 3. The minimum Gasteiger partial charge on any atom is -0.387 e. The molecule has 2 rings (SSSR count). The molecule has 6 atom stereocenters. The Bertz CT molecular complexity index is 1200. The summed E-state index contributed by atoms with van der Waals surface area (Å²) in [4.78, 5) is 60.6. The van der Waals surface area contributed by atoms with Gasteiger partial charge in [0.2, 0.25) is 11.5 Å². The smallest absolute Gasteiger partial charge is 0.387 e. The van der Waals surface area contributed by atoms with Crippen LogP contribution in [0.1, 0.15) is 20.1 Å². The normalized spacial score (nSPS) is 29.5. The molecule has 1 aromatic heterocycles. The number of ether oxygens (including phenoxy) is 1. The summed E-state index contributed by atoms with van der Waals surface area (Å²) in [6, 6.07) is 0. The Balaban J connectivity index is 2.39. The van der Waals surface area contributed by atoms with Crippen molar-refractivity contribution in [2.45, 2.75) is 43.6 Å². The van der Waals surface area contributed by atoms with Gasteiger partial charge in [-0.2, -0.15) is 13.0 Å². The number of aromatic amines is 1. The number of nitrogens with one attached hydrogen (secondary N) is 1. The molecule has 1 saturated heterocycles. The van der Waals surface area contributed by atoms with Crippen molar-refractivity contribution in [3.8, 4) is 0 Å². The van der Waals surface area contributed by atoms with Crippen LogP contribution < -0.4 is 11.2 Å². The number of aliphatic hydroxyl groups excluding tert-OH is 1. The minimum atomic E-state index is -5.94. The van der Waals surface area contributed by atoms with Gasteiger partial charge in [0.05, 0.1) is 6.20 Å². The van der Waals surface area contributed by atoms with Crippen molar-refractivity contribution in [1.29, 1.82) is 0 Å². The summed E-state index contributed by atoms with van der Waals surface area (Å²) >= 11 is 0. The summed E-state index contributed by atoms with van der Waals surface area (Å²) in [6.07, 6.45) is -7.09. The van der Waals surface area contributed by atoms with Crippen molar-refractivity contribution in [2.24, 2.45) is 0 Å². The molecule has 6 N–H and O–H groups in total. The number of hydrogen-bond donors (Lipinski definition) is 6. The first-order valence-electron chi connectivity index (χ1n) is 8.58. The predicted molar refractivity (Wildman–Crippen MR) is 100 cm³/mol. The first-order valence-corrected chi connectivity index (χ1v) is 13.1. The van der Waals surface area contributed by atoms with Gasteiger partial charge in [-0.3, -0.25) is 18.9 Å². The van der Waals surface area contributed by atoms with Crippen LogP contribution in [0.2, 0.25) is 0 Å². The van der Waals surface area contributed by atoms with Gasteiger partial charge >= 0.3 is 29.2 Å². The van der Waals surface area contributed by atoms with E-state index in [9.17, 15) is 47.0 Å². The highest BCUT2D eigenvalue weighted by molar-refractivity contribution is 7.66. The van der Waals surface area contributed by atoms with Gasteiger partial charge < -0.3 is 29.4 Å². The molecule has 0 spiro atoms. The molecule has 34 heavy (non-hydrogen) atoms. The topological polar surface area (TPSA) is 244 Å². The van der Waals surface area contributed by atoms with Gasteiger partial charge in [0.25, 0.3) is 5.56 Å². The van der Waals surface area contributed by atoms with Gasteiger partial charge in [-0.1, -0.05) is 0 Å². The van der Waals surface area contributed by atoms with Crippen molar-refractivity contribution >= 4 is 23.5 Å². The molecule has 0 aliphatic carbocycles. The second kappa shape index (κ2) is 9.35. The van der Waals surface area contributed by atoms with E-state index in [0.717, 1.165) is 13.8 Å². The van der Waals surface area contributed by atoms with Crippen LogP contribution in [0.15, 0.2) is 15.8 Å². The lowest BCUT2D eigenvalue weighted by molar-refractivity contribution is -0.120. The standard InChI is InChI=1S/C12H18F3N2O14P3/c1-11(2,29-33(24,25)31-34(26,27)30-32(21,22)23)7-6(18)12(15,4-13)9(28-7)17-3-5(14)8(19)16-10(17)20/h3,6-7,9,18H,4H2,1-2H3,(H,24,25)(H,26,27)(H,16,19,20)(H2,21,22,23)/t6?,7-,9+,12+/m0/s1. The maximum absolute atomic E-state index is 15.3.